The van der Waals surface area contributed by atoms with Crippen molar-refractivity contribution in [1.82, 2.24) is 0 Å². The summed E-state index contributed by atoms with van der Waals surface area (Å²) in [5.74, 6) is 0.803. The third-order valence-electron chi connectivity index (χ3n) is 2.79. The van der Waals surface area contributed by atoms with Crippen LogP contribution in [0.4, 0.5) is 0 Å². The highest BCUT2D eigenvalue weighted by molar-refractivity contribution is 5.01. The van der Waals surface area contributed by atoms with Gasteiger partial charge < -0.3 is 0 Å². The second-order valence-corrected chi connectivity index (χ2v) is 4.11. The largest absolute Gasteiger partial charge is 0.0856 e. The summed E-state index contributed by atoms with van der Waals surface area (Å²) in [6, 6.07) is 0. The maximum absolute atomic E-state index is 2.37. The molecule has 0 saturated heterocycles. The van der Waals surface area contributed by atoms with E-state index in [-0.39, 0.29) is 0 Å². The molecule has 1 atom stereocenters. The van der Waals surface area contributed by atoms with E-state index < -0.39 is 0 Å². The highest BCUT2D eigenvalue weighted by atomic mass is 14.1. The zero-order valence-electron chi connectivity index (χ0n) is 9.90. The molecule has 0 fully saturated rings. The second-order valence-electron chi connectivity index (χ2n) is 4.11. The minimum absolute atomic E-state index is 0.803. The van der Waals surface area contributed by atoms with E-state index in [9.17, 15) is 0 Å². The molecule has 13 heavy (non-hydrogen) atoms. The van der Waals surface area contributed by atoms with E-state index in [4.69, 9.17) is 0 Å². The molecule has 0 aliphatic heterocycles. The Morgan fingerprint density at radius 3 is 2.38 bits per heavy atom. The van der Waals surface area contributed by atoms with Crippen molar-refractivity contribution in [2.24, 2.45) is 5.92 Å². The molecule has 0 heteroatoms. The first-order valence-electron chi connectivity index (χ1n) is 5.89. The Balaban J connectivity index is 3.49. The van der Waals surface area contributed by atoms with Crippen molar-refractivity contribution in [3.63, 3.8) is 0 Å². The van der Waals surface area contributed by atoms with Crippen molar-refractivity contribution in [3.05, 3.63) is 11.6 Å². The van der Waals surface area contributed by atoms with Crippen LogP contribution in [-0.2, 0) is 0 Å². The summed E-state index contributed by atoms with van der Waals surface area (Å²) in [6.07, 6.45) is 10.5. The van der Waals surface area contributed by atoms with Crippen molar-refractivity contribution < 1.29 is 0 Å². The normalized spacial score (nSPS) is 14.6. The van der Waals surface area contributed by atoms with Crippen molar-refractivity contribution in [1.29, 1.82) is 0 Å². The zero-order valence-corrected chi connectivity index (χ0v) is 9.90. The smallest absolute Gasteiger partial charge is 0.0234 e. The quantitative estimate of drug-likeness (QED) is 0.386. The topological polar surface area (TPSA) is 0 Å². The Kier molecular flexibility index (Phi) is 8.18. The predicted octanol–water partition coefficient (Wildman–Crippen LogP) is 4.95. The van der Waals surface area contributed by atoms with Crippen LogP contribution >= 0.6 is 0 Å². The van der Waals surface area contributed by atoms with Gasteiger partial charge in [0.15, 0.2) is 0 Å². The first-order valence-corrected chi connectivity index (χ1v) is 5.89. The van der Waals surface area contributed by atoms with E-state index in [1.54, 1.807) is 5.57 Å². The van der Waals surface area contributed by atoms with Crippen molar-refractivity contribution in [2.75, 3.05) is 0 Å². The first-order chi connectivity index (χ1) is 6.22. The Morgan fingerprint density at radius 2 is 1.85 bits per heavy atom. The van der Waals surface area contributed by atoms with Crippen LogP contribution in [-0.4, -0.2) is 0 Å². The molecular weight excluding hydrogens is 156 g/mol. The van der Waals surface area contributed by atoms with Crippen molar-refractivity contribution >= 4 is 0 Å². The summed E-state index contributed by atoms with van der Waals surface area (Å²) in [4.78, 5) is 0. The fraction of sp³-hybridized carbons (Fsp3) is 0.846. The fourth-order valence-corrected chi connectivity index (χ4v) is 1.63. The van der Waals surface area contributed by atoms with Crippen LogP contribution < -0.4 is 0 Å². The van der Waals surface area contributed by atoms with Crippen LogP contribution in [0.1, 0.15) is 66.2 Å². The van der Waals surface area contributed by atoms with Gasteiger partial charge in [0, 0.05) is 0 Å². The van der Waals surface area contributed by atoms with E-state index >= 15 is 0 Å². The lowest BCUT2D eigenvalue weighted by Crippen LogP contribution is -1.96. The van der Waals surface area contributed by atoms with Crippen molar-refractivity contribution in [2.45, 2.75) is 66.2 Å². The number of rotatable bonds is 7. The third-order valence-corrected chi connectivity index (χ3v) is 2.79. The summed E-state index contributed by atoms with van der Waals surface area (Å²) >= 11 is 0. The number of unbranched alkanes of at least 4 members (excludes halogenated alkanes) is 3. The average Bonchev–Trinajstić information content (AvgIpc) is 2.12. The molecule has 0 rings (SSSR count). The maximum Gasteiger partial charge on any atom is -0.0234 e. The predicted molar refractivity (Wildman–Crippen MR) is 62.0 cm³/mol. The highest BCUT2D eigenvalue weighted by Crippen LogP contribution is 2.18. The Morgan fingerprint density at radius 1 is 1.15 bits per heavy atom. The summed E-state index contributed by atoms with van der Waals surface area (Å²) in [6.45, 7) is 9.11. The Labute approximate surface area is 84.4 Å². The third kappa shape index (κ3) is 6.86. The minimum Gasteiger partial charge on any atom is -0.0856 e. The van der Waals surface area contributed by atoms with Crippen LogP contribution in [0.2, 0.25) is 0 Å². The Bertz CT molecular complexity index is 133. The summed E-state index contributed by atoms with van der Waals surface area (Å²) in [5.41, 5.74) is 1.58. The Hall–Kier alpha value is -0.260. The van der Waals surface area contributed by atoms with Gasteiger partial charge >= 0.3 is 0 Å². The van der Waals surface area contributed by atoms with Crippen molar-refractivity contribution in [3.8, 4) is 0 Å². The molecule has 0 aromatic heterocycles. The first kappa shape index (κ1) is 12.7. The fourth-order valence-electron chi connectivity index (χ4n) is 1.63. The van der Waals surface area contributed by atoms with Gasteiger partial charge in [-0.05, 0) is 25.7 Å². The molecule has 0 nitrogen and oxygen atoms in total. The molecule has 0 heterocycles. The number of hydrogen-bond donors (Lipinski definition) is 0. The lowest BCUT2D eigenvalue weighted by Gasteiger charge is -2.11. The monoisotopic (exact) mass is 182 g/mol. The van der Waals surface area contributed by atoms with Gasteiger partial charge in [-0.15, -0.1) is 0 Å². The zero-order chi connectivity index (χ0) is 10.1. The molecular formula is C13H26. The second kappa shape index (κ2) is 8.34. The van der Waals surface area contributed by atoms with Crippen LogP contribution in [0.25, 0.3) is 0 Å². The summed E-state index contributed by atoms with van der Waals surface area (Å²) in [7, 11) is 0. The molecule has 0 aromatic rings. The molecule has 0 radical (unpaired) electrons. The molecule has 78 valence electrons. The summed E-state index contributed by atoms with van der Waals surface area (Å²) in [5, 5.41) is 0. The lowest BCUT2D eigenvalue weighted by atomic mass is 9.95. The van der Waals surface area contributed by atoms with Gasteiger partial charge in [0.1, 0.15) is 0 Å². The standard InChI is InChI=1S/C13H26/c1-5-7-8-9-11-13(4)12(3)10-6-2/h10,13H,5-9,11H2,1-4H3. The molecule has 0 aromatic carbocycles. The van der Waals surface area contributed by atoms with Gasteiger partial charge in [0.2, 0.25) is 0 Å². The number of hydrogen-bond acceptors (Lipinski definition) is 0. The van der Waals surface area contributed by atoms with Gasteiger partial charge in [-0.1, -0.05) is 58.1 Å². The van der Waals surface area contributed by atoms with Gasteiger partial charge in [0.25, 0.3) is 0 Å². The van der Waals surface area contributed by atoms with Crippen LogP contribution in [0, 0.1) is 5.92 Å². The van der Waals surface area contributed by atoms with E-state index in [2.05, 4.69) is 33.8 Å². The molecule has 0 N–H and O–H groups in total. The van der Waals surface area contributed by atoms with Gasteiger partial charge in [-0.2, -0.15) is 0 Å². The molecule has 0 saturated carbocycles. The van der Waals surface area contributed by atoms with E-state index in [0.717, 1.165) is 5.92 Å². The van der Waals surface area contributed by atoms with E-state index in [1.165, 1.54) is 38.5 Å². The van der Waals surface area contributed by atoms with E-state index in [1.807, 2.05) is 0 Å². The molecule has 0 spiro atoms. The SMILES string of the molecule is CCC=C(C)C(C)CCCCCC. The van der Waals surface area contributed by atoms with Gasteiger partial charge in [0.05, 0.1) is 0 Å². The molecule has 0 aliphatic rings. The van der Waals surface area contributed by atoms with Crippen LogP contribution in [0.3, 0.4) is 0 Å². The van der Waals surface area contributed by atoms with Gasteiger partial charge in [-0.3, -0.25) is 0 Å². The van der Waals surface area contributed by atoms with Crippen LogP contribution in [0.15, 0.2) is 11.6 Å². The molecule has 0 bridgehead atoms. The summed E-state index contributed by atoms with van der Waals surface area (Å²) < 4.78 is 0. The minimum atomic E-state index is 0.803. The molecule has 0 amide bonds. The van der Waals surface area contributed by atoms with Crippen LogP contribution in [0.5, 0.6) is 0 Å². The maximum atomic E-state index is 2.37. The van der Waals surface area contributed by atoms with Gasteiger partial charge in [-0.25, -0.2) is 0 Å². The average molecular weight is 182 g/mol. The van der Waals surface area contributed by atoms with E-state index in [0.29, 0.717) is 0 Å². The molecule has 0 aliphatic carbocycles. The number of allylic oxidation sites excluding steroid dienone is 2. The molecule has 1 unspecified atom stereocenters. The highest BCUT2D eigenvalue weighted by Gasteiger charge is 2.02. The lowest BCUT2D eigenvalue weighted by molar-refractivity contribution is 0.541.